The molecule has 26 heavy (non-hydrogen) atoms. The molecule has 0 aliphatic carbocycles. The molecule has 0 aliphatic heterocycles. The zero-order chi connectivity index (χ0) is 18.1. The van der Waals surface area contributed by atoms with Gasteiger partial charge in [-0.15, -0.1) is 19.0 Å². The van der Waals surface area contributed by atoms with Crippen molar-refractivity contribution in [1.82, 2.24) is 5.32 Å². The van der Waals surface area contributed by atoms with E-state index in [1.54, 1.807) is 13.2 Å². The maximum Gasteiger partial charge on any atom is 0.257 e. The lowest BCUT2D eigenvalue weighted by molar-refractivity contribution is -0.123. The third-order valence-corrected chi connectivity index (χ3v) is 3.68. The van der Waals surface area contributed by atoms with Gasteiger partial charge in [0.15, 0.2) is 18.1 Å². The summed E-state index contributed by atoms with van der Waals surface area (Å²) in [5.74, 6) is 0.977. The van der Waals surface area contributed by atoms with Crippen LogP contribution in [0.5, 0.6) is 11.5 Å². The average Bonchev–Trinajstić information content (AvgIpc) is 2.62. The zero-order valence-corrected chi connectivity index (χ0v) is 15.7. The summed E-state index contributed by atoms with van der Waals surface area (Å²) >= 11 is 0. The lowest BCUT2D eigenvalue weighted by Crippen LogP contribution is -2.30. The molecule has 0 unspecified atom stereocenters. The molecule has 0 heterocycles. The number of nitrogens with two attached hydrogens (primary N) is 1. The van der Waals surface area contributed by atoms with Crippen molar-refractivity contribution in [2.24, 2.45) is 0 Å². The number of allylic oxidation sites excluding steroid dienone is 1. The van der Waals surface area contributed by atoms with E-state index in [0.29, 0.717) is 18.0 Å². The molecule has 2 rings (SSSR count). The largest absolute Gasteiger partial charge is 0.493 e. The second-order valence-electron chi connectivity index (χ2n) is 5.61. The Morgan fingerprint density at radius 3 is 2.50 bits per heavy atom. The topological polar surface area (TPSA) is 73.6 Å². The molecule has 0 saturated carbocycles. The highest BCUT2D eigenvalue weighted by molar-refractivity contribution is 5.85. The molecule has 0 aliphatic rings. The lowest BCUT2D eigenvalue weighted by Gasteiger charge is -2.12. The number of hydrogen-bond donors (Lipinski definition) is 2. The van der Waals surface area contributed by atoms with E-state index < -0.39 is 0 Å². The number of rotatable bonds is 9. The molecule has 140 valence electrons. The summed E-state index contributed by atoms with van der Waals surface area (Å²) in [5.41, 5.74) is 8.57. The standard InChI is InChI=1S/C20H24N2O3.ClH/c1-3-4-16-7-10-18(19(13-16)24-2)25-14-20(23)22-12-11-15-5-8-17(21)9-6-15;/h3,5-10,13H,1,4,11-12,14,21H2,2H3,(H,22,23);1H. The quantitative estimate of drug-likeness (QED) is 0.520. The van der Waals surface area contributed by atoms with Crippen LogP contribution in [0.15, 0.2) is 55.1 Å². The molecule has 2 aromatic rings. The minimum absolute atomic E-state index is 0. The first kappa shape index (κ1) is 21.4. The molecule has 0 aromatic heterocycles. The minimum Gasteiger partial charge on any atom is -0.493 e. The van der Waals surface area contributed by atoms with E-state index in [4.69, 9.17) is 15.2 Å². The molecule has 0 bridgehead atoms. The van der Waals surface area contributed by atoms with Crippen LogP contribution in [0.2, 0.25) is 0 Å². The third-order valence-electron chi connectivity index (χ3n) is 3.68. The third kappa shape index (κ3) is 6.69. The lowest BCUT2D eigenvalue weighted by atomic mass is 10.1. The van der Waals surface area contributed by atoms with Crippen LogP contribution in [0, 0.1) is 0 Å². The summed E-state index contributed by atoms with van der Waals surface area (Å²) in [7, 11) is 1.58. The number of ether oxygens (including phenoxy) is 2. The number of carbonyl (C=O) groups is 1. The predicted octanol–water partition coefficient (Wildman–Crippen LogP) is 3.17. The highest BCUT2D eigenvalue weighted by atomic mass is 35.5. The van der Waals surface area contributed by atoms with Crippen molar-refractivity contribution in [2.75, 3.05) is 26.0 Å². The van der Waals surface area contributed by atoms with E-state index in [1.165, 1.54) is 0 Å². The van der Waals surface area contributed by atoms with Crippen LogP contribution in [0.3, 0.4) is 0 Å². The molecular weight excluding hydrogens is 352 g/mol. The first-order valence-corrected chi connectivity index (χ1v) is 8.14. The Bertz CT molecular complexity index is 717. The van der Waals surface area contributed by atoms with Gasteiger partial charge >= 0.3 is 0 Å². The molecule has 2 aromatic carbocycles. The molecule has 0 radical (unpaired) electrons. The van der Waals surface area contributed by atoms with E-state index in [1.807, 2.05) is 42.5 Å². The second kappa shape index (κ2) is 11.1. The number of halogens is 1. The van der Waals surface area contributed by atoms with Gasteiger partial charge < -0.3 is 20.5 Å². The van der Waals surface area contributed by atoms with Gasteiger partial charge in [-0.05, 0) is 48.2 Å². The smallest absolute Gasteiger partial charge is 0.257 e. The molecule has 3 N–H and O–H groups in total. The van der Waals surface area contributed by atoms with Crippen molar-refractivity contribution in [3.05, 3.63) is 66.2 Å². The molecular formula is C20H25ClN2O3. The van der Waals surface area contributed by atoms with Crippen LogP contribution in [0.25, 0.3) is 0 Å². The molecule has 0 atom stereocenters. The normalized spacial score (nSPS) is 9.73. The zero-order valence-electron chi connectivity index (χ0n) is 14.9. The number of nitrogen functional groups attached to an aromatic ring is 1. The highest BCUT2D eigenvalue weighted by Crippen LogP contribution is 2.28. The highest BCUT2D eigenvalue weighted by Gasteiger charge is 2.08. The van der Waals surface area contributed by atoms with Gasteiger partial charge in [-0.3, -0.25) is 4.79 Å². The second-order valence-corrected chi connectivity index (χ2v) is 5.61. The van der Waals surface area contributed by atoms with Crippen molar-refractivity contribution >= 4 is 24.0 Å². The monoisotopic (exact) mass is 376 g/mol. The molecule has 0 saturated heterocycles. The van der Waals surface area contributed by atoms with Gasteiger partial charge in [-0.1, -0.05) is 24.3 Å². The van der Waals surface area contributed by atoms with Crippen LogP contribution in [0.1, 0.15) is 11.1 Å². The summed E-state index contributed by atoms with van der Waals surface area (Å²) in [6.07, 6.45) is 3.32. The molecule has 5 nitrogen and oxygen atoms in total. The van der Waals surface area contributed by atoms with E-state index >= 15 is 0 Å². The molecule has 0 spiro atoms. The van der Waals surface area contributed by atoms with Crippen molar-refractivity contribution in [2.45, 2.75) is 12.8 Å². The van der Waals surface area contributed by atoms with E-state index in [2.05, 4.69) is 11.9 Å². The van der Waals surface area contributed by atoms with Crippen LogP contribution < -0.4 is 20.5 Å². The summed E-state index contributed by atoms with van der Waals surface area (Å²) < 4.78 is 10.9. The predicted molar refractivity (Wildman–Crippen MR) is 107 cm³/mol. The number of amides is 1. The van der Waals surface area contributed by atoms with Crippen LogP contribution in [-0.2, 0) is 17.6 Å². The fourth-order valence-electron chi connectivity index (χ4n) is 2.35. The summed E-state index contributed by atoms with van der Waals surface area (Å²) in [4.78, 5) is 11.9. The van der Waals surface area contributed by atoms with Crippen molar-refractivity contribution in [3.63, 3.8) is 0 Å². The fourth-order valence-corrected chi connectivity index (χ4v) is 2.35. The van der Waals surface area contributed by atoms with Gasteiger partial charge in [0.2, 0.25) is 0 Å². The summed E-state index contributed by atoms with van der Waals surface area (Å²) in [5, 5.41) is 2.84. The summed E-state index contributed by atoms with van der Waals surface area (Å²) in [6, 6.07) is 13.2. The summed E-state index contributed by atoms with van der Waals surface area (Å²) in [6.45, 7) is 4.20. The maximum absolute atomic E-state index is 11.9. The first-order chi connectivity index (χ1) is 12.1. The SMILES string of the molecule is C=CCc1ccc(OCC(=O)NCCc2ccc(N)cc2)c(OC)c1.Cl. The Labute approximate surface area is 160 Å². The fraction of sp³-hybridized carbons (Fsp3) is 0.250. The van der Waals surface area contributed by atoms with Gasteiger partial charge in [-0.25, -0.2) is 0 Å². The Hall–Kier alpha value is -2.66. The Morgan fingerprint density at radius 2 is 1.85 bits per heavy atom. The van der Waals surface area contributed by atoms with E-state index in [9.17, 15) is 4.79 Å². The number of anilines is 1. The van der Waals surface area contributed by atoms with Crippen molar-refractivity contribution < 1.29 is 14.3 Å². The number of benzene rings is 2. The van der Waals surface area contributed by atoms with Gasteiger partial charge in [0, 0.05) is 12.2 Å². The maximum atomic E-state index is 11.9. The Kier molecular flexibility index (Phi) is 9.09. The van der Waals surface area contributed by atoms with E-state index in [-0.39, 0.29) is 24.9 Å². The van der Waals surface area contributed by atoms with Gasteiger partial charge in [0.05, 0.1) is 7.11 Å². The van der Waals surface area contributed by atoms with Crippen molar-refractivity contribution in [3.8, 4) is 11.5 Å². The van der Waals surface area contributed by atoms with Gasteiger partial charge in [-0.2, -0.15) is 0 Å². The number of carbonyl (C=O) groups excluding carboxylic acids is 1. The van der Waals surface area contributed by atoms with Gasteiger partial charge in [0.25, 0.3) is 5.91 Å². The van der Waals surface area contributed by atoms with Gasteiger partial charge in [0.1, 0.15) is 0 Å². The molecule has 6 heteroatoms. The van der Waals surface area contributed by atoms with Crippen molar-refractivity contribution in [1.29, 1.82) is 0 Å². The minimum atomic E-state index is -0.173. The Morgan fingerprint density at radius 1 is 1.15 bits per heavy atom. The average molecular weight is 377 g/mol. The first-order valence-electron chi connectivity index (χ1n) is 8.14. The van der Waals surface area contributed by atoms with E-state index in [0.717, 1.165) is 29.7 Å². The molecule has 0 fully saturated rings. The Balaban J connectivity index is 0.00000338. The number of nitrogens with one attached hydrogen (secondary N) is 1. The van der Waals surface area contributed by atoms with Crippen LogP contribution in [-0.4, -0.2) is 26.2 Å². The number of hydrogen-bond acceptors (Lipinski definition) is 4. The molecule has 1 amide bonds. The van der Waals surface area contributed by atoms with Crippen LogP contribution in [0.4, 0.5) is 5.69 Å². The number of methoxy groups -OCH3 is 1. The van der Waals surface area contributed by atoms with Crippen LogP contribution >= 0.6 is 12.4 Å².